The molecule has 92 valence electrons. The molecule has 1 aromatic carbocycles. The SMILES string of the molecule is COc1ccc(NC(=O)c2ccccc2C)cn1. The van der Waals surface area contributed by atoms with Crippen molar-refractivity contribution in [2.24, 2.45) is 0 Å². The van der Waals surface area contributed by atoms with E-state index in [4.69, 9.17) is 4.74 Å². The number of benzene rings is 1. The minimum Gasteiger partial charge on any atom is -0.481 e. The van der Waals surface area contributed by atoms with Gasteiger partial charge in [0.1, 0.15) is 0 Å². The van der Waals surface area contributed by atoms with Crippen molar-refractivity contribution in [3.63, 3.8) is 0 Å². The molecule has 0 bridgehead atoms. The number of ether oxygens (including phenoxy) is 1. The number of carbonyl (C=O) groups is 1. The summed E-state index contributed by atoms with van der Waals surface area (Å²) in [7, 11) is 1.55. The van der Waals surface area contributed by atoms with Gasteiger partial charge in [0.15, 0.2) is 0 Å². The molecule has 0 aliphatic rings. The molecule has 0 saturated carbocycles. The lowest BCUT2D eigenvalue weighted by atomic mass is 10.1. The van der Waals surface area contributed by atoms with Crippen molar-refractivity contribution in [2.45, 2.75) is 6.92 Å². The normalized spacial score (nSPS) is 9.89. The molecule has 0 fully saturated rings. The first-order valence-electron chi connectivity index (χ1n) is 5.58. The molecule has 0 aliphatic heterocycles. The van der Waals surface area contributed by atoms with Crippen molar-refractivity contribution >= 4 is 11.6 Å². The first kappa shape index (κ1) is 12.1. The van der Waals surface area contributed by atoms with Gasteiger partial charge in [0, 0.05) is 11.6 Å². The number of methoxy groups -OCH3 is 1. The number of anilines is 1. The van der Waals surface area contributed by atoms with Gasteiger partial charge in [-0.15, -0.1) is 0 Å². The van der Waals surface area contributed by atoms with E-state index in [9.17, 15) is 4.79 Å². The van der Waals surface area contributed by atoms with Crippen LogP contribution in [-0.4, -0.2) is 18.0 Å². The van der Waals surface area contributed by atoms with E-state index in [0.717, 1.165) is 5.56 Å². The zero-order chi connectivity index (χ0) is 13.0. The molecule has 18 heavy (non-hydrogen) atoms. The van der Waals surface area contributed by atoms with Gasteiger partial charge in [0.25, 0.3) is 5.91 Å². The van der Waals surface area contributed by atoms with E-state index in [-0.39, 0.29) is 5.91 Å². The molecule has 0 atom stereocenters. The average molecular weight is 242 g/mol. The number of hydrogen-bond acceptors (Lipinski definition) is 3. The maximum Gasteiger partial charge on any atom is 0.255 e. The highest BCUT2D eigenvalue weighted by molar-refractivity contribution is 6.05. The molecule has 2 rings (SSSR count). The van der Waals surface area contributed by atoms with Crippen LogP contribution >= 0.6 is 0 Å². The number of aromatic nitrogens is 1. The van der Waals surface area contributed by atoms with Gasteiger partial charge in [-0.2, -0.15) is 0 Å². The summed E-state index contributed by atoms with van der Waals surface area (Å²) in [6.07, 6.45) is 1.56. The molecular formula is C14H14N2O2. The summed E-state index contributed by atoms with van der Waals surface area (Å²) in [4.78, 5) is 16.0. The minimum atomic E-state index is -0.139. The lowest BCUT2D eigenvalue weighted by molar-refractivity contribution is 0.102. The molecule has 1 N–H and O–H groups in total. The maximum atomic E-state index is 12.0. The third-order valence-electron chi connectivity index (χ3n) is 2.59. The molecule has 2 aromatic rings. The molecule has 0 unspecified atom stereocenters. The lowest BCUT2D eigenvalue weighted by Crippen LogP contribution is -2.13. The Morgan fingerprint density at radius 2 is 2.00 bits per heavy atom. The van der Waals surface area contributed by atoms with E-state index in [0.29, 0.717) is 17.1 Å². The summed E-state index contributed by atoms with van der Waals surface area (Å²) in [6.45, 7) is 1.90. The van der Waals surface area contributed by atoms with Crippen molar-refractivity contribution < 1.29 is 9.53 Å². The fraction of sp³-hybridized carbons (Fsp3) is 0.143. The largest absolute Gasteiger partial charge is 0.481 e. The van der Waals surface area contributed by atoms with E-state index >= 15 is 0 Å². The summed E-state index contributed by atoms with van der Waals surface area (Å²) in [5.41, 5.74) is 2.24. The second kappa shape index (κ2) is 5.31. The van der Waals surface area contributed by atoms with E-state index in [1.54, 1.807) is 31.5 Å². The van der Waals surface area contributed by atoms with Gasteiger partial charge >= 0.3 is 0 Å². The first-order valence-corrected chi connectivity index (χ1v) is 5.58. The Balaban J connectivity index is 2.14. The van der Waals surface area contributed by atoms with Gasteiger partial charge in [-0.3, -0.25) is 4.79 Å². The molecule has 0 spiro atoms. The van der Waals surface area contributed by atoms with E-state index in [1.807, 2.05) is 25.1 Å². The number of hydrogen-bond donors (Lipinski definition) is 1. The second-order valence-electron chi connectivity index (χ2n) is 3.86. The first-order chi connectivity index (χ1) is 8.70. The maximum absolute atomic E-state index is 12.0. The Hall–Kier alpha value is -2.36. The van der Waals surface area contributed by atoms with Gasteiger partial charge in [-0.1, -0.05) is 18.2 Å². The molecule has 1 aromatic heterocycles. The Labute approximate surface area is 106 Å². The van der Waals surface area contributed by atoms with Crippen molar-refractivity contribution in [1.29, 1.82) is 0 Å². The number of pyridine rings is 1. The lowest BCUT2D eigenvalue weighted by Gasteiger charge is -2.07. The molecule has 0 saturated heterocycles. The summed E-state index contributed by atoms with van der Waals surface area (Å²) in [6, 6.07) is 10.9. The Kier molecular flexibility index (Phi) is 3.57. The average Bonchev–Trinajstić information content (AvgIpc) is 2.40. The van der Waals surface area contributed by atoms with Crippen molar-refractivity contribution in [2.75, 3.05) is 12.4 Å². The third-order valence-corrected chi connectivity index (χ3v) is 2.59. The number of nitrogens with one attached hydrogen (secondary N) is 1. The highest BCUT2D eigenvalue weighted by Gasteiger charge is 2.08. The molecule has 1 amide bonds. The molecular weight excluding hydrogens is 228 g/mol. The number of carbonyl (C=O) groups excluding carboxylic acids is 1. The molecule has 0 aliphatic carbocycles. The van der Waals surface area contributed by atoms with Gasteiger partial charge in [-0.05, 0) is 24.6 Å². The van der Waals surface area contributed by atoms with Gasteiger partial charge in [0.2, 0.25) is 5.88 Å². The Morgan fingerprint density at radius 3 is 2.61 bits per heavy atom. The summed E-state index contributed by atoms with van der Waals surface area (Å²) < 4.78 is 4.95. The van der Waals surface area contributed by atoms with Crippen LogP contribution in [0.1, 0.15) is 15.9 Å². The zero-order valence-electron chi connectivity index (χ0n) is 10.3. The quantitative estimate of drug-likeness (QED) is 0.900. The van der Waals surface area contributed by atoms with Gasteiger partial charge in [-0.25, -0.2) is 4.98 Å². The highest BCUT2D eigenvalue weighted by Crippen LogP contribution is 2.14. The Morgan fingerprint density at radius 1 is 1.22 bits per heavy atom. The van der Waals surface area contributed by atoms with Crippen LogP contribution in [0.25, 0.3) is 0 Å². The van der Waals surface area contributed by atoms with Crippen LogP contribution < -0.4 is 10.1 Å². The Bertz CT molecular complexity index is 550. The molecule has 0 radical (unpaired) electrons. The highest BCUT2D eigenvalue weighted by atomic mass is 16.5. The predicted octanol–water partition coefficient (Wildman–Crippen LogP) is 2.65. The van der Waals surface area contributed by atoms with Crippen LogP contribution in [0, 0.1) is 6.92 Å². The zero-order valence-corrected chi connectivity index (χ0v) is 10.3. The van der Waals surface area contributed by atoms with Crippen LogP contribution in [0.3, 0.4) is 0 Å². The second-order valence-corrected chi connectivity index (χ2v) is 3.86. The topological polar surface area (TPSA) is 51.2 Å². The summed E-state index contributed by atoms with van der Waals surface area (Å²) in [5.74, 6) is 0.379. The molecule has 4 heteroatoms. The summed E-state index contributed by atoms with van der Waals surface area (Å²) >= 11 is 0. The monoisotopic (exact) mass is 242 g/mol. The van der Waals surface area contributed by atoms with Gasteiger partial charge in [0.05, 0.1) is 19.0 Å². The number of amides is 1. The van der Waals surface area contributed by atoms with Crippen LogP contribution in [0.2, 0.25) is 0 Å². The van der Waals surface area contributed by atoms with Crippen molar-refractivity contribution in [1.82, 2.24) is 4.98 Å². The fourth-order valence-corrected chi connectivity index (χ4v) is 1.60. The number of nitrogens with zero attached hydrogens (tertiary/aromatic N) is 1. The van der Waals surface area contributed by atoms with E-state index in [1.165, 1.54) is 0 Å². The molecule has 1 heterocycles. The smallest absolute Gasteiger partial charge is 0.255 e. The summed E-state index contributed by atoms with van der Waals surface area (Å²) in [5, 5.41) is 2.79. The van der Waals surface area contributed by atoms with Crippen LogP contribution in [-0.2, 0) is 0 Å². The van der Waals surface area contributed by atoms with Crippen LogP contribution in [0.5, 0.6) is 5.88 Å². The van der Waals surface area contributed by atoms with Crippen LogP contribution in [0.15, 0.2) is 42.6 Å². The minimum absolute atomic E-state index is 0.139. The number of aryl methyl sites for hydroxylation is 1. The van der Waals surface area contributed by atoms with Gasteiger partial charge < -0.3 is 10.1 Å². The van der Waals surface area contributed by atoms with Crippen molar-refractivity contribution in [3.05, 3.63) is 53.7 Å². The van der Waals surface area contributed by atoms with Crippen LogP contribution in [0.4, 0.5) is 5.69 Å². The predicted molar refractivity (Wildman–Crippen MR) is 69.9 cm³/mol. The van der Waals surface area contributed by atoms with E-state index in [2.05, 4.69) is 10.3 Å². The third kappa shape index (κ3) is 2.66. The standard InChI is InChI=1S/C14H14N2O2/c1-10-5-3-4-6-12(10)14(17)16-11-7-8-13(18-2)15-9-11/h3-9H,1-2H3,(H,16,17). The van der Waals surface area contributed by atoms with E-state index < -0.39 is 0 Å². The fourth-order valence-electron chi connectivity index (χ4n) is 1.60. The number of rotatable bonds is 3. The van der Waals surface area contributed by atoms with Crippen molar-refractivity contribution in [3.8, 4) is 5.88 Å². The molecule has 4 nitrogen and oxygen atoms in total.